The van der Waals surface area contributed by atoms with Gasteiger partial charge in [-0.1, -0.05) is 18.2 Å². The lowest BCUT2D eigenvalue weighted by Gasteiger charge is -2.15. The minimum absolute atomic E-state index is 0.0155. The first kappa shape index (κ1) is 14.9. The lowest BCUT2D eigenvalue weighted by Crippen LogP contribution is -2.31. The van der Waals surface area contributed by atoms with Gasteiger partial charge in [-0.3, -0.25) is 9.78 Å². The molecule has 5 heteroatoms. The number of para-hydroxylation sites is 2. The lowest BCUT2D eigenvalue weighted by atomic mass is 10.2. The number of rotatable bonds is 5. The molecular formula is C19H20N4O. The van der Waals surface area contributed by atoms with Crippen LogP contribution in [0.15, 0.2) is 48.7 Å². The van der Waals surface area contributed by atoms with E-state index in [1.165, 1.54) is 0 Å². The van der Waals surface area contributed by atoms with E-state index < -0.39 is 0 Å². The first-order chi connectivity index (χ1) is 11.7. The van der Waals surface area contributed by atoms with Crippen molar-refractivity contribution < 1.29 is 4.79 Å². The number of imidazole rings is 1. The van der Waals surface area contributed by atoms with Crippen LogP contribution in [0.1, 0.15) is 43.2 Å². The van der Waals surface area contributed by atoms with Crippen LogP contribution in [-0.4, -0.2) is 20.4 Å². The van der Waals surface area contributed by atoms with Crippen LogP contribution in [0.3, 0.4) is 0 Å². The van der Waals surface area contributed by atoms with Crippen molar-refractivity contribution in [3.05, 3.63) is 60.2 Å². The number of benzene rings is 1. The highest BCUT2D eigenvalue weighted by Crippen LogP contribution is 2.40. The normalized spacial score (nSPS) is 15.4. The monoisotopic (exact) mass is 320 g/mol. The maximum absolute atomic E-state index is 12.5. The summed E-state index contributed by atoms with van der Waals surface area (Å²) in [6.45, 7) is 2.25. The Kier molecular flexibility index (Phi) is 3.76. The zero-order chi connectivity index (χ0) is 16.5. The van der Waals surface area contributed by atoms with E-state index in [0.717, 1.165) is 35.4 Å². The Balaban J connectivity index is 1.55. The molecule has 0 bridgehead atoms. The standard InChI is InChI=1S/C19H20N4O/c1-13(15-6-4-5-11-20-15)21-18(24)12-23-17-8-3-2-7-16(17)22-19(23)14-9-10-14/h2-8,11,13-14H,9-10,12H2,1H3,(H,21,24). The van der Waals surface area contributed by atoms with E-state index in [0.29, 0.717) is 12.5 Å². The van der Waals surface area contributed by atoms with Gasteiger partial charge in [0.1, 0.15) is 12.4 Å². The topological polar surface area (TPSA) is 59.8 Å². The molecule has 2 heterocycles. The Morgan fingerprint density at radius 1 is 1.25 bits per heavy atom. The number of pyridine rings is 1. The zero-order valence-electron chi connectivity index (χ0n) is 13.6. The van der Waals surface area contributed by atoms with E-state index in [2.05, 4.69) is 14.9 Å². The molecule has 122 valence electrons. The fourth-order valence-corrected chi connectivity index (χ4v) is 3.05. The minimum atomic E-state index is -0.113. The van der Waals surface area contributed by atoms with E-state index in [9.17, 15) is 4.79 Å². The van der Waals surface area contributed by atoms with Crippen LogP contribution in [0.4, 0.5) is 0 Å². The Labute approximate surface area is 140 Å². The van der Waals surface area contributed by atoms with Crippen LogP contribution in [0, 0.1) is 0 Å². The quantitative estimate of drug-likeness (QED) is 0.785. The number of nitrogens with zero attached hydrogens (tertiary/aromatic N) is 3. The SMILES string of the molecule is CC(NC(=O)Cn1c(C2CC2)nc2ccccc21)c1ccccn1. The van der Waals surface area contributed by atoms with Crippen LogP contribution in [0.2, 0.25) is 0 Å². The molecule has 5 nitrogen and oxygen atoms in total. The average Bonchev–Trinajstić information content (AvgIpc) is 3.39. The van der Waals surface area contributed by atoms with Crippen molar-refractivity contribution in [2.45, 2.75) is 38.3 Å². The van der Waals surface area contributed by atoms with Crippen LogP contribution >= 0.6 is 0 Å². The van der Waals surface area contributed by atoms with Gasteiger partial charge in [0.2, 0.25) is 5.91 Å². The summed E-state index contributed by atoms with van der Waals surface area (Å²) >= 11 is 0. The van der Waals surface area contributed by atoms with Crippen molar-refractivity contribution in [1.82, 2.24) is 19.9 Å². The summed E-state index contributed by atoms with van der Waals surface area (Å²) in [7, 11) is 0. The maximum Gasteiger partial charge on any atom is 0.240 e. The van der Waals surface area contributed by atoms with Crippen molar-refractivity contribution in [3.63, 3.8) is 0 Å². The molecule has 1 saturated carbocycles. The van der Waals surface area contributed by atoms with Gasteiger partial charge >= 0.3 is 0 Å². The van der Waals surface area contributed by atoms with Crippen LogP contribution in [0.25, 0.3) is 11.0 Å². The second-order valence-corrected chi connectivity index (χ2v) is 6.36. The molecule has 1 aromatic carbocycles. The number of carbonyl (C=O) groups excluding carboxylic acids is 1. The fraction of sp³-hybridized carbons (Fsp3) is 0.316. The molecule has 1 unspecified atom stereocenters. The molecular weight excluding hydrogens is 300 g/mol. The number of hydrogen-bond acceptors (Lipinski definition) is 3. The number of amides is 1. The summed E-state index contributed by atoms with van der Waals surface area (Å²) in [4.78, 5) is 21.6. The van der Waals surface area contributed by atoms with E-state index >= 15 is 0 Å². The lowest BCUT2D eigenvalue weighted by molar-refractivity contribution is -0.122. The summed E-state index contributed by atoms with van der Waals surface area (Å²) in [5, 5.41) is 3.04. The first-order valence-corrected chi connectivity index (χ1v) is 8.38. The third kappa shape index (κ3) is 2.89. The number of nitrogens with one attached hydrogen (secondary N) is 1. The molecule has 0 spiro atoms. The molecule has 1 aliphatic rings. The average molecular weight is 320 g/mol. The first-order valence-electron chi connectivity index (χ1n) is 8.38. The van der Waals surface area contributed by atoms with Crippen LogP contribution < -0.4 is 5.32 Å². The van der Waals surface area contributed by atoms with Crippen molar-refractivity contribution in [3.8, 4) is 0 Å². The van der Waals surface area contributed by atoms with Gasteiger partial charge in [-0.15, -0.1) is 0 Å². The molecule has 24 heavy (non-hydrogen) atoms. The second-order valence-electron chi connectivity index (χ2n) is 6.36. The molecule has 1 atom stereocenters. The summed E-state index contributed by atoms with van der Waals surface area (Å²) in [5.74, 6) is 1.52. The smallest absolute Gasteiger partial charge is 0.240 e. The van der Waals surface area contributed by atoms with E-state index in [-0.39, 0.29) is 11.9 Å². The summed E-state index contributed by atoms with van der Waals surface area (Å²) in [6.07, 6.45) is 4.07. The van der Waals surface area contributed by atoms with Gasteiger partial charge < -0.3 is 9.88 Å². The summed E-state index contributed by atoms with van der Waals surface area (Å²) in [5.41, 5.74) is 2.86. The molecule has 0 aliphatic heterocycles. The molecule has 1 aliphatic carbocycles. The summed E-state index contributed by atoms with van der Waals surface area (Å²) < 4.78 is 2.06. The van der Waals surface area contributed by atoms with Gasteiger partial charge in [-0.05, 0) is 44.0 Å². The number of aromatic nitrogens is 3. The molecule has 4 rings (SSSR count). The molecule has 0 saturated heterocycles. The maximum atomic E-state index is 12.5. The van der Waals surface area contributed by atoms with Crippen LogP contribution in [0.5, 0.6) is 0 Å². The Hall–Kier alpha value is -2.69. The molecule has 1 amide bonds. The van der Waals surface area contributed by atoms with Gasteiger partial charge in [0.15, 0.2) is 0 Å². The van der Waals surface area contributed by atoms with Gasteiger partial charge in [0, 0.05) is 12.1 Å². The van der Waals surface area contributed by atoms with Crippen molar-refractivity contribution in [2.75, 3.05) is 0 Å². The zero-order valence-corrected chi connectivity index (χ0v) is 13.6. The van der Waals surface area contributed by atoms with Crippen molar-refractivity contribution in [1.29, 1.82) is 0 Å². The highest BCUT2D eigenvalue weighted by molar-refractivity contribution is 5.81. The third-order valence-electron chi connectivity index (χ3n) is 4.44. The molecule has 1 N–H and O–H groups in total. The Morgan fingerprint density at radius 2 is 2.04 bits per heavy atom. The van der Waals surface area contributed by atoms with E-state index in [1.807, 2.05) is 49.4 Å². The molecule has 3 aromatic rings. The van der Waals surface area contributed by atoms with Crippen LogP contribution in [-0.2, 0) is 11.3 Å². The second kappa shape index (κ2) is 6.07. The van der Waals surface area contributed by atoms with E-state index in [4.69, 9.17) is 4.98 Å². The van der Waals surface area contributed by atoms with Gasteiger partial charge in [0.25, 0.3) is 0 Å². The Bertz CT molecular complexity index is 867. The van der Waals surface area contributed by atoms with Gasteiger partial charge in [-0.2, -0.15) is 0 Å². The Morgan fingerprint density at radius 3 is 2.79 bits per heavy atom. The highest BCUT2D eigenvalue weighted by Gasteiger charge is 2.30. The van der Waals surface area contributed by atoms with Crippen molar-refractivity contribution in [2.24, 2.45) is 0 Å². The molecule has 1 fully saturated rings. The largest absolute Gasteiger partial charge is 0.346 e. The van der Waals surface area contributed by atoms with Crippen molar-refractivity contribution >= 4 is 16.9 Å². The predicted octanol–water partition coefficient (Wildman–Crippen LogP) is 3.19. The number of fused-ring (bicyclic) bond motifs is 1. The van der Waals surface area contributed by atoms with Gasteiger partial charge in [0.05, 0.1) is 22.8 Å². The summed E-state index contributed by atoms with van der Waals surface area (Å²) in [6, 6.07) is 13.6. The molecule has 0 radical (unpaired) electrons. The highest BCUT2D eigenvalue weighted by atomic mass is 16.2. The predicted molar refractivity (Wildman–Crippen MR) is 92.5 cm³/mol. The van der Waals surface area contributed by atoms with E-state index in [1.54, 1.807) is 6.20 Å². The minimum Gasteiger partial charge on any atom is -0.346 e. The fourth-order valence-electron chi connectivity index (χ4n) is 3.05. The third-order valence-corrected chi connectivity index (χ3v) is 4.44. The molecule has 2 aromatic heterocycles. The number of carbonyl (C=O) groups is 1. The number of hydrogen-bond donors (Lipinski definition) is 1. The van der Waals surface area contributed by atoms with Gasteiger partial charge in [-0.25, -0.2) is 4.98 Å².